The summed E-state index contributed by atoms with van der Waals surface area (Å²) in [5, 5.41) is 11.6. The molecule has 0 atom stereocenters. The van der Waals surface area contributed by atoms with Crippen molar-refractivity contribution in [1.29, 1.82) is 0 Å². The van der Waals surface area contributed by atoms with Gasteiger partial charge in [0.05, 0.1) is 11.4 Å². The Bertz CT molecular complexity index is 957. The number of aromatic amines is 1. The van der Waals surface area contributed by atoms with Gasteiger partial charge in [-0.3, -0.25) is 19.0 Å². The second-order valence-electron chi connectivity index (χ2n) is 6.61. The second kappa shape index (κ2) is 6.72. The first-order valence-electron chi connectivity index (χ1n) is 7.81. The first-order chi connectivity index (χ1) is 11.8. The van der Waals surface area contributed by atoms with Crippen LogP contribution in [0.25, 0.3) is 17.0 Å². The standard InChI is InChI=1S/C17H19N5O2S/c1-17(2,3)19-14(24)10-25-16-21-20-15-18-13(23)9-12(22(15)16)11-7-5-4-6-8-11/h4-9H,10H2,1-3H3,(H,19,24)(H,18,20,23). The van der Waals surface area contributed by atoms with Crippen LogP contribution in [0.15, 0.2) is 46.3 Å². The SMILES string of the molecule is CC(C)(C)NC(=O)CSc1nnc2[nH]c(=O)cc(-c3ccccc3)n12. The van der Waals surface area contributed by atoms with Crippen LogP contribution in [-0.2, 0) is 4.79 Å². The van der Waals surface area contributed by atoms with E-state index in [9.17, 15) is 9.59 Å². The number of nitrogens with zero attached hydrogens (tertiary/aromatic N) is 3. The van der Waals surface area contributed by atoms with E-state index >= 15 is 0 Å². The average Bonchev–Trinajstić information content (AvgIpc) is 2.94. The number of thioether (sulfide) groups is 1. The Hall–Kier alpha value is -2.61. The topological polar surface area (TPSA) is 92.2 Å². The molecule has 0 unspecified atom stereocenters. The monoisotopic (exact) mass is 357 g/mol. The van der Waals surface area contributed by atoms with Gasteiger partial charge in [-0.05, 0) is 26.3 Å². The highest BCUT2D eigenvalue weighted by molar-refractivity contribution is 7.99. The lowest BCUT2D eigenvalue weighted by atomic mass is 10.1. The van der Waals surface area contributed by atoms with Crippen molar-refractivity contribution >= 4 is 23.4 Å². The molecule has 0 aliphatic carbocycles. The number of carbonyl (C=O) groups excluding carboxylic acids is 1. The molecule has 0 fully saturated rings. The molecule has 0 aliphatic heterocycles. The maximum atomic E-state index is 12.1. The van der Waals surface area contributed by atoms with E-state index in [4.69, 9.17) is 0 Å². The van der Waals surface area contributed by atoms with Crippen molar-refractivity contribution in [2.75, 3.05) is 5.75 Å². The molecule has 3 rings (SSSR count). The molecule has 2 N–H and O–H groups in total. The minimum absolute atomic E-state index is 0.0834. The van der Waals surface area contributed by atoms with E-state index in [0.29, 0.717) is 16.6 Å². The molecule has 2 heterocycles. The molecule has 2 aromatic heterocycles. The van der Waals surface area contributed by atoms with Crippen LogP contribution in [0.2, 0.25) is 0 Å². The lowest BCUT2D eigenvalue weighted by molar-refractivity contribution is -0.119. The van der Waals surface area contributed by atoms with Gasteiger partial charge in [-0.25, -0.2) is 0 Å². The number of nitrogens with one attached hydrogen (secondary N) is 2. The Morgan fingerprint density at radius 2 is 1.96 bits per heavy atom. The van der Waals surface area contributed by atoms with E-state index < -0.39 is 0 Å². The molecule has 0 spiro atoms. The van der Waals surface area contributed by atoms with Crippen LogP contribution in [0.3, 0.4) is 0 Å². The molecule has 0 radical (unpaired) electrons. The largest absolute Gasteiger partial charge is 0.351 e. The molecule has 0 saturated heterocycles. The molecule has 0 saturated carbocycles. The van der Waals surface area contributed by atoms with E-state index in [1.807, 2.05) is 51.1 Å². The highest BCUT2D eigenvalue weighted by Gasteiger charge is 2.17. The Morgan fingerprint density at radius 1 is 1.24 bits per heavy atom. The van der Waals surface area contributed by atoms with Crippen LogP contribution >= 0.6 is 11.8 Å². The first kappa shape index (κ1) is 17.2. The predicted octanol–water partition coefficient (Wildman–Crippen LogP) is 2.09. The Morgan fingerprint density at radius 3 is 2.64 bits per heavy atom. The number of fused-ring (bicyclic) bond motifs is 1. The molecule has 0 aliphatic rings. The molecule has 130 valence electrons. The zero-order valence-electron chi connectivity index (χ0n) is 14.2. The van der Waals surface area contributed by atoms with E-state index in [1.54, 1.807) is 4.40 Å². The third-order valence-corrected chi connectivity index (χ3v) is 4.22. The van der Waals surface area contributed by atoms with Gasteiger partial charge in [0.25, 0.3) is 5.56 Å². The zero-order valence-corrected chi connectivity index (χ0v) is 15.1. The van der Waals surface area contributed by atoms with Crippen LogP contribution in [0.4, 0.5) is 0 Å². The van der Waals surface area contributed by atoms with E-state index in [1.165, 1.54) is 17.8 Å². The summed E-state index contributed by atoms with van der Waals surface area (Å²) < 4.78 is 1.76. The molecule has 8 heteroatoms. The Labute approximate surface area is 148 Å². The third-order valence-electron chi connectivity index (χ3n) is 3.29. The Kier molecular flexibility index (Phi) is 4.63. The fourth-order valence-electron chi connectivity index (χ4n) is 2.40. The molecule has 1 aromatic carbocycles. The average molecular weight is 357 g/mol. The van der Waals surface area contributed by atoms with Gasteiger partial charge in [0, 0.05) is 11.6 Å². The number of hydrogen-bond donors (Lipinski definition) is 2. The maximum Gasteiger partial charge on any atom is 0.252 e. The first-order valence-corrected chi connectivity index (χ1v) is 8.80. The van der Waals surface area contributed by atoms with Crippen LogP contribution in [0, 0.1) is 0 Å². The molecular weight excluding hydrogens is 338 g/mol. The Balaban J connectivity index is 1.95. The van der Waals surface area contributed by atoms with Crippen molar-refractivity contribution in [3.05, 3.63) is 46.8 Å². The highest BCUT2D eigenvalue weighted by atomic mass is 32.2. The number of H-pyrrole nitrogens is 1. The normalized spacial score (nSPS) is 11.6. The highest BCUT2D eigenvalue weighted by Crippen LogP contribution is 2.23. The van der Waals surface area contributed by atoms with Crippen LogP contribution in [0.1, 0.15) is 20.8 Å². The molecule has 25 heavy (non-hydrogen) atoms. The van der Waals surface area contributed by atoms with Gasteiger partial charge in [0.15, 0.2) is 5.16 Å². The second-order valence-corrected chi connectivity index (χ2v) is 7.56. The van der Waals surface area contributed by atoms with Crippen molar-refractivity contribution < 1.29 is 4.79 Å². The van der Waals surface area contributed by atoms with Gasteiger partial charge in [-0.2, -0.15) is 0 Å². The van der Waals surface area contributed by atoms with Gasteiger partial charge in [0.1, 0.15) is 0 Å². The summed E-state index contributed by atoms with van der Waals surface area (Å²) in [6, 6.07) is 11.0. The van der Waals surface area contributed by atoms with Crippen molar-refractivity contribution in [3.8, 4) is 11.3 Å². The minimum Gasteiger partial charge on any atom is -0.351 e. The number of benzene rings is 1. The van der Waals surface area contributed by atoms with Gasteiger partial charge >= 0.3 is 0 Å². The van der Waals surface area contributed by atoms with Crippen LogP contribution < -0.4 is 10.9 Å². The molecule has 1 amide bonds. The summed E-state index contributed by atoms with van der Waals surface area (Å²) >= 11 is 1.28. The van der Waals surface area contributed by atoms with Gasteiger partial charge in [-0.1, -0.05) is 42.1 Å². The zero-order chi connectivity index (χ0) is 18.0. The van der Waals surface area contributed by atoms with E-state index in [2.05, 4.69) is 20.5 Å². The molecule has 0 bridgehead atoms. The maximum absolute atomic E-state index is 12.1. The van der Waals surface area contributed by atoms with Crippen LogP contribution in [0.5, 0.6) is 0 Å². The number of hydrogen-bond acceptors (Lipinski definition) is 5. The third kappa shape index (κ3) is 4.08. The summed E-state index contributed by atoms with van der Waals surface area (Å²) in [5.41, 5.74) is 1.02. The lowest BCUT2D eigenvalue weighted by Crippen LogP contribution is -2.41. The van der Waals surface area contributed by atoms with Gasteiger partial charge < -0.3 is 5.32 Å². The van der Waals surface area contributed by atoms with Crippen molar-refractivity contribution in [2.24, 2.45) is 0 Å². The molecule has 3 aromatic rings. The summed E-state index contributed by atoms with van der Waals surface area (Å²) in [5.74, 6) is 0.482. The summed E-state index contributed by atoms with van der Waals surface area (Å²) in [6.07, 6.45) is 0. The van der Waals surface area contributed by atoms with Gasteiger partial charge in [-0.15, -0.1) is 10.2 Å². The van der Waals surface area contributed by atoms with E-state index in [-0.39, 0.29) is 22.8 Å². The summed E-state index contributed by atoms with van der Waals surface area (Å²) in [7, 11) is 0. The number of aromatic nitrogens is 4. The number of rotatable bonds is 4. The quantitative estimate of drug-likeness (QED) is 0.698. The number of carbonyl (C=O) groups is 1. The lowest BCUT2D eigenvalue weighted by Gasteiger charge is -2.20. The fraction of sp³-hybridized carbons (Fsp3) is 0.294. The fourth-order valence-corrected chi connectivity index (χ4v) is 3.15. The minimum atomic E-state index is -0.287. The van der Waals surface area contributed by atoms with Gasteiger partial charge in [0.2, 0.25) is 11.7 Å². The van der Waals surface area contributed by atoms with E-state index in [0.717, 1.165) is 5.56 Å². The van der Waals surface area contributed by atoms with Crippen molar-refractivity contribution in [1.82, 2.24) is 24.9 Å². The smallest absolute Gasteiger partial charge is 0.252 e. The molecular formula is C17H19N5O2S. The molecule has 7 nitrogen and oxygen atoms in total. The predicted molar refractivity (Wildman–Crippen MR) is 97.7 cm³/mol. The summed E-state index contributed by atoms with van der Waals surface area (Å²) in [4.78, 5) is 26.6. The summed E-state index contributed by atoms with van der Waals surface area (Å²) in [6.45, 7) is 5.79. The van der Waals surface area contributed by atoms with Crippen LogP contribution in [-0.4, -0.2) is 36.8 Å². The number of amides is 1. The van der Waals surface area contributed by atoms with Crippen molar-refractivity contribution in [2.45, 2.75) is 31.5 Å². The van der Waals surface area contributed by atoms with Crippen molar-refractivity contribution in [3.63, 3.8) is 0 Å².